The predicted molar refractivity (Wildman–Crippen MR) is 70.5 cm³/mol. The summed E-state index contributed by atoms with van der Waals surface area (Å²) in [7, 11) is 0. The summed E-state index contributed by atoms with van der Waals surface area (Å²) in [6, 6.07) is 4.30. The second kappa shape index (κ2) is 5.02. The molecule has 1 fully saturated rings. The molecule has 90 valence electrons. The normalized spacial score (nSPS) is 20.6. The summed E-state index contributed by atoms with van der Waals surface area (Å²) >= 11 is 1.81. The first kappa shape index (κ1) is 11.0. The van der Waals surface area contributed by atoms with Crippen molar-refractivity contribution in [2.24, 2.45) is 0 Å². The van der Waals surface area contributed by atoms with E-state index in [1.54, 1.807) is 0 Å². The van der Waals surface area contributed by atoms with Gasteiger partial charge >= 0.3 is 0 Å². The summed E-state index contributed by atoms with van der Waals surface area (Å²) in [6.07, 6.45) is 6.55. The number of imidazole rings is 1. The van der Waals surface area contributed by atoms with E-state index in [-0.39, 0.29) is 0 Å². The van der Waals surface area contributed by atoms with Gasteiger partial charge in [0.15, 0.2) is 0 Å². The summed E-state index contributed by atoms with van der Waals surface area (Å²) < 4.78 is 2.30. The highest BCUT2D eigenvalue weighted by Gasteiger charge is 2.18. The fourth-order valence-electron chi connectivity index (χ4n) is 2.48. The van der Waals surface area contributed by atoms with Gasteiger partial charge in [-0.2, -0.15) is 0 Å². The number of nitrogens with zero attached hydrogens (tertiary/aromatic N) is 2. The molecule has 3 rings (SSSR count). The Kier molecular flexibility index (Phi) is 3.25. The molecule has 1 N–H and O–H groups in total. The van der Waals surface area contributed by atoms with Gasteiger partial charge in [0.25, 0.3) is 0 Å². The average molecular weight is 247 g/mol. The van der Waals surface area contributed by atoms with Crippen LogP contribution in [0.25, 0.3) is 0 Å². The Morgan fingerprint density at radius 3 is 3.29 bits per heavy atom. The molecule has 4 heteroatoms. The Hall–Kier alpha value is -1.13. The molecule has 1 saturated heterocycles. The summed E-state index contributed by atoms with van der Waals surface area (Å²) in [5.41, 5.74) is 1.38. The van der Waals surface area contributed by atoms with Gasteiger partial charge < -0.3 is 9.88 Å². The first-order valence-electron chi connectivity index (χ1n) is 6.16. The molecule has 0 saturated carbocycles. The van der Waals surface area contributed by atoms with E-state index in [9.17, 15) is 0 Å². The molecule has 0 bridgehead atoms. The Balaban J connectivity index is 1.78. The highest BCUT2D eigenvalue weighted by Crippen LogP contribution is 2.24. The van der Waals surface area contributed by atoms with Crippen molar-refractivity contribution in [3.05, 3.63) is 40.6 Å². The molecular weight excluding hydrogens is 230 g/mol. The molecule has 3 nitrogen and oxygen atoms in total. The number of piperidine rings is 1. The van der Waals surface area contributed by atoms with Gasteiger partial charge in [0, 0.05) is 29.2 Å². The molecule has 0 radical (unpaired) electrons. The zero-order chi connectivity index (χ0) is 11.5. The zero-order valence-corrected chi connectivity index (χ0v) is 10.6. The number of aromatic nitrogens is 2. The van der Waals surface area contributed by atoms with E-state index < -0.39 is 0 Å². The lowest BCUT2D eigenvalue weighted by Crippen LogP contribution is -2.29. The lowest BCUT2D eigenvalue weighted by Gasteiger charge is -2.23. The van der Waals surface area contributed by atoms with Crippen molar-refractivity contribution < 1.29 is 0 Å². The minimum atomic E-state index is 0.631. The number of nitrogens with one attached hydrogen (secondary N) is 1. The van der Waals surface area contributed by atoms with E-state index in [1.165, 1.54) is 23.4 Å². The van der Waals surface area contributed by atoms with Crippen molar-refractivity contribution in [2.75, 3.05) is 13.1 Å². The van der Waals surface area contributed by atoms with Gasteiger partial charge in [-0.3, -0.25) is 0 Å². The summed E-state index contributed by atoms with van der Waals surface area (Å²) in [4.78, 5) is 5.71. The topological polar surface area (TPSA) is 29.9 Å². The molecule has 17 heavy (non-hydrogen) atoms. The van der Waals surface area contributed by atoms with E-state index in [0.29, 0.717) is 5.92 Å². The van der Waals surface area contributed by atoms with Crippen molar-refractivity contribution in [2.45, 2.75) is 25.3 Å². The molecule has 0 aromatic carbocycles. The van der Waals surface area contributed by atoms with Crippen molar-refractivity contribution >= 4 is 11.3 Å². The molecule has 0 aliphatic carbocycles. The van der Waals surface area contributed by atoms with Crippen LogP contribution in [0, 0.1) is 0 Å². The van der Waals surface area contributed by atoms with Gasteiger partial charge in [0.1, 0.15) is 0 Å². The lowest BCUT2D eigenvalue weighted by molar-refractivity contribution is 0.444. The van der Waals surface area contributed by atoms with Gasteiger partial charge in [-0.1, -0.05) is 6.07 Å². The first-order chi connectivity index (χ1) is 8.43. The van der Waals surface area contributed by atoms with Crippen LogP contribution < -0.4 is 5.32 Å². The third-order valence-electron chi connectivity index (χ3n) is 3.37. The lowest BCUT2D eigenvalue weighted by atomic mass is 9.96. The third-order valence-corrected chi connectivity index (χ3v) is 4.23. The maximum atomic E-state index is 4.32. The van der Waals surface area contributed by atoms with E-state index in [4.69, 9.17) is 0 Å². The molecule has 2 aromatic rings. The van der Waals surface area contributed by atoms with Gasteiger partial charge in [-0.05, 0) is 30.8 Å². The maximum Gasteiger partial charge on any atom is 0.0951 e. The second-order valence-electron chi connectivity index (χ2n) is 4.57. The Morgan fingerprint density at radius 1 is 1.53 bits per heavy atom. The Labute approximate surface area is 106 Å². The first-order valence-corrected chi connectivity index (χ1v) is 7.04. The van der Waals surface area contributed by atoms with Crippen LogP contribution in [0.1, 0.15) is 29.3 Å². The van der Waals surface area contributed by atoms with Crippen LogP contribution in [0.15, 0.2) is 30.0 Å². The number of hydrogen-bond acceptors (Lipinski definition) is 3. The van der Waals surface area contributed by atoms with Crippen LogP contribution in [0.4, 0.5) is 0 Å². The predicted octanol–water partition coefficient (Wildman–Crippen LogP) is 2.46. The van der Waals surface area contributed by atoms with Gasteiger partial charge in [-0.25, -0.2) is 4.98 Å². The molecule has 0 spiro atoms. The molecule has 1 aliphatic heterocycles. The van der Waals surface area contributed by atoms with Crippen molar-refractivity contribution in [1.29, 1.82) is 0 Å². The zero-order valence-electron chi connectivity index (χ0n) is 9.80. The molecule has 0 amide bonds. The van der Waals surface area contributed by atoms with Crippen LogP contribution in [-0.4, -0.2) is 22.6 Å². The van der Waals surface area contributed by atoms with Crippen LogP contribution in [0.5, 0.6) is 0 Å². The largest absolute Gasteiger partial charge is 0.329 e. The molecule has 1 aliphatic rings. The minimum Gasteiger partial charge on any atom is -0.329 e. The maximum absolute atomic E-state index is 4.32. The van der Waals surface area contributed by atoms with E-state index in [1.807, 2.05) is 23.9 Å². The highest BCUT2D eigenvalue weighted by molar-refractivity contribution is 7.09. The molecule has 3 heterocycles. The van der Waals surface area contributed by atoms with Gasteiger partial charge in [-0.15, -0.1) is 11.3 Å². The van der Waals surface area contributed by atoms with Crippen LogP contribution in [0.2, 0.25) is 0 Å². The summed E-state index contributed by atoms with van der Waals surface area (Å²) in [5.74, 6) is 0.631. The van der Waals surface area contributed by atoms with Gasteiger partial charge in [0.05, 0.1) is 12.9 Å². The summed E-state index contributed by atoms with van der Waals surface area (Å²) in [6.45, 7) is 3.22. The monoisotopic (exact) mass is 247 g/mol. The van der Waals surface area contributed by atoms with Gasteiger partial charge in [0.2, 0.25) is 0 Å². The second-order valence-corrected chi connectivity index (χ2v) is 5.60. The Morgan fingerprint density at radius 2 is 2.53 bits per heavy atom. The standard InChI is InChI=1S/C13H17N3S/c1-3-11(7-14-5-1)13-8-15-10-16(13)9-12-4-2-6-17-12/h2,4,6,8,10-11,14H,1,3,5,7,9H2. The minimum absolute atomic E-state index is 0.631. The smallest absolute Gasteiger partial charge is 0.0951 e. The number of thiophene rings is 1. The quantitative estimate of drug-likeness (QED) is 0.903. The van der Waals surface area contributed by atoms with Crippen LogP contribution in [-0.2, 0) is 6.54 Å². The van der Waals surface area contributed by atoms with E-state index >= 15 is 0 Å². The molecule has 1 unspecified atom stereocenters. The fourth-order valence-corrected chi connectivity index (χ4v) is 3.18. The third kappa shape index (κ3) is 2.42. The van der Waals surface area contributed by atoms with Crippen LogP contribution in [0.3, 0.4) is 0 Å². The van der Waals surface area contributed by atoms with E-state index in [2.05, 4.69) is 32.4 Å². The molecule has 2 aromatic heterocycles. The molecular formula is C13H17N3S. The van der Waals surface area contributed by atoms with Crippen molar-refractivity contribution in [1.82, 2.24) is 14.9 Å². The van der Waals surface area contributed by atoms with Crippen molar-refractivity contribution in [3.63, 3.8) is 0 Å². The number of hydrogen-bond donors (Lipinski definition) is 1. The van der Waals surface area contributed by atoms with Crippen molar-refractivity contribution in [3.8, 4) is 0 Å². The van der Waals surface area contributed by atoms with E-state index in [0.717, 1.165) is 19.6 Å². The fraction of sp³-hybridized carbons (Fsp3) is 0.462. The number of rotatable bonds is 3. The Bertz CT molecular complexity index is 455. The average Bonchev–Trinajstić information content (AvgIpc) is 3.02. The molecule has 1 atom stereocenters. The van der Waals surface area contributed by atoms with Crippen LogP contribution >= 0.6 is 11.3 Å². The highest BCUT2D eigenvalue weighted by atomic mass is 32.1. The summed E-state index contributed by atoms with van der Waals surface area (Å²) in [5, 5.41) is 5.60. The SMILES string of the molecule is c1csc(Cn2cncc2C2CCCNC2)c1.